The fourth-order valence-electron chi connectivity index (χ4n) is 2.66. The number of methoxy groups -OCH3 is 1. The van der Waals surface area contributed by atoms with Crippen molar-refractivity contribution in [2.45, 2.75) is 0 Å². The standard InChI is InChI=1S/C17H11BrN4O3/c1-25-15-7-13-11(6-14(15)22(23)24)16(12(8-19)17(20)21-13)9-3-2-4-10(18)5-9/h2-7H,1H3,(H2,20,21). The van der Waals surface area contributed by atoms with Crippen molar-refractivity contribution in [3.63, 3.8) is 0 Å². The molecule has 1 aromatic heterocycles. The maximum atomic E-state index is 11.4. The van der Waals surface area contributed by atoms with Crippen molar-refractivity contribution in [2.75, 3.05) is 12.8 Å². The van der Waals surface area contributed by atoms with E-state index in [0.717, 1.165) is 4.47 Å². The molecule has 0 bridgehead atoms. The summed E-state index contributed by atoms with van der Waals surface area (Å²) in [4.78, 5) is 15.0. The summed E-state index contributed by atoms with van der Waals surface area (Å²) in [7, 11) is 1.34. The zero-order valence-electron chi connectivity index (χ0n) is 13.0. The van der Waals surface area contributed by atoms with Gasteiger partial charge in [-0.25, -0.2) is 4.98 Å². The van der Waals surface area contributed by atoms with Crippen LogP contribution in [0, 0.1) is 21.4 Å². The maximum Gasteiger partial charge on any atom is 0.311 e. The Balaban J connectivity index is 2.50. The lowest BCUT2D eigenvalue weighted by Gasteiger charge is -2.12. The molecule has 0 aliphatic rings. The first-order valence-corrected chi connectivity index (χ1v) is 7.87. The third-order valence-electron chi connectivity index (χ3n) is 3.74. The summed E-state index contributed by atoms with van der Waals surface area (Å²) in [6, 6.07) is 12.1. The number of nitrogens with zero attached hydrogens (tertiary/aromatic N) is 3. The Hall–Kier alpha value is -3.18. The number of nitro benzene ring substituents is 1. The van der Waals surface area contributed by atoms with Crippen LogP contribution in [-0.4, -0.2) is 17.0 Å². The van der Waals surface area contributed by atoms with Crippen molar-refractivity contribution in [3.8, 4) is 22.9 Å². The number of benzene rings is 2. The van der Waals surface area contributed by atoms with Crippen LogP contribution in [0.5, 0.6) is 5.75 Å². The first-order valence-electron chi connectivity index (χ1n) is 7.08. The second-order valence-corrected chi connectivity index (χ2v) is 6.08. The molecule has 0 fully saturated rings. The number of ether oxygens (including phenoxy) is 1. The van der Waals surface area contributed by atoms with Crippen LogP contribution in [0.15, 0.2) is 40.9 Å². The number of hydrogen-bond donors (Lipinski definition) is 1. The molecule has 0 saturated carbocycles. The van der Waals surface area contributed by atoms with Gasteiger partial charge < -0.3 is 10.5 Å². The summed E-state index contributed by atoms with van der Waals surface area (Å²) >= 11 is 3.39. The van der Waals surface area contributed by atoms with Gasteiger partial charge in [-0.05, 0) is 17.7 Å². The Kier molecular flexibility index (Phi) is 4.25. The van der Waals surface area contributed by atoms with Gasteiger partial charge in [-0.2, -0.15) is 5.26 Å². The van der Waals surface area contributed by atoms with E-state index >= 15 is 0 Å². The SMILES string of the molecule is COc1cc2nc(N)c(C#N)c(-c3cccc(Br)c3)c2cc1[N+](=O)[O-]. The number of pyridine rings is 1. The van der Waals surface area contributed by atoms with E-state index in [1.165, 1.54) is 19.2 Å². The molecule has 0 radical (unpaired) electrons. The van der Waals surface area contributed by atoms with Gasteiger partial charge in [-0.15, -0.1) is 0 Å². The monoisotopic (exact) mass is 398 g/mol. The number of halogens is 1. The number of fused-ring (bicyclic) bond motifs is 1. The summed E-state index contributed by atoms with van der Waals surface area (Å²) < 4.78 is 5.89. The minimum atomic E-state index is -0.536. The predicted octanol–water partition coefficient (Wildman–Crippen LogP) is 4.03. The highest BCUT2D eigenvalue weighted by atomic mass is 79.9. The first kappa shape index (κ1) is 16.7. The number of nitriles is 1. The van der Waals surface area contributed by atoms with Gasteiger partial charge in [0.1, 0.15) is 17.5 Å². The maximum absolute atomic E-state index is 11.4. The summed E-state index contributed by atoms with van der Waals surface area (Å²) in [6.07, 6.45) is 0. The second kappa shape index (κ2) is 6.37. The average molecular weight is 399 g/mol. The molecule has 0 saturated heterocycles. The Morgan fingerprint density at radius 2 is 2.12 bits per heavy atom. The Labute approximate surface area is 150 Å². The Bertz CT molecular complexity index is 1060. The smallest absolute Gasteiger partial charge is 0.311 e. The topological polar surface area (TPSA) is 115 Å². The van der Waals surface area contributed by atoms with E-state index in [4.69, 9.17) is 10.5 Å². The van der Waals surface area contributed by atoms with Gasteiger partial charge in [-0.1, -0.05) is 28.1 Å². The largest absolute Gasteiger partial charge is 0.490 e. The third-order valence-corrected chi connectivity index (χ3v) is 4.23. The average Bonchev–Trinajstić information content (AvgIpc) is 2.59. The molecule has 0 amide bonds. The van der Waals surface area contributed by atoms with Gasteiger partial charge in [0.05, 0.1) is 17.5 Å². The molecule has 2 N–H and O–H groups in total. The fraction of sp³-hybridized carbons (Fsp3) is 0.0588. The third kappa shape index (κ3) is 2.86. The zero-order valence-corrected chi connectivity index (χ0v) is 14.6. The summed E-state index contributed by atoms with van der Waals surface area (Å²) in [5.74, 6) is 0.134. The number of aromatic nitrogens is 1. The van der Waals surface area contributed by atoms with E-state index in [0.29, 0.717) is 22.0 Å². The second-order valence-electron chi connectivity index (χ2n) is 5.17. The molecule has 0 aliphatic carbocycles. The minimum absolute atomic E-state index is 0.0564. The minimum Gasteiger partial charge on any atom is -0.490 e. The fourth-order valence-corrected chi connectivity index (χ4v) is 3.06. The number of nitrogen functional groups attached to an aromatic ring is 1. The van der Waals surface area contributed by atoms with Crippen molar-refractivity contribution in [3.05, 3.63) is 56.5 Å². The van der Waals surface area contributed by atoms with Gasteiger partial charge in [0.15, 0.2) is 5.75 Å². The molecular weight excluding hydrogens is 388 g/mol. The highest BCUT2D eigenvalue weighted by molar-refractivity contribution is 9.10. The van der Waals surface area contributed by atoms with E-state index < -0.39 is 4.92 Å². The summed E-state index contributed by atoms with van der Waals surface area (Å²) in [5, 5.41) is 21.3. The molecular formula is C17H11BrN4O3. The molecule has 124 valence electrons. The Morgan fingerprint density at radius 1 is 1.36 bits per heavy atom. The molecule has 25 heavy (non-hydrogen) atoms. The lowest BCUT2D eigenvalue weighted by atomic mass is 9.95. The van der Waals surface area contributed by atoms with E-state index in [1.807, 2.05) is 18.2 Å². The molecule has 8 heteroatoms. The van der Waals surface area contributed by atoms with Gasteiger partial charge in [0.25, 0.3) is 0 Å². The van der Waals surface area contributed by atoms with Crippen molar-refractivity contribution in [1.82, 2.24) is 4.98 Å². The molecule has 0 atom stereocenters. The van der Waals surface area contributed by atoms with E-state index in [-0.39, 0.29) is 22.8 Å². The zero-order chi connectivity index (χ0) is 18.1. The quantitative estimate of drug-likeness (QED) is 0.525. The van der Waals surface area contributed by atoms with E-state index in [2.05, 4.69) is 20.9 Å². The van der Waals surface area contributed by atoms with Crippen LogP contribution in [0.2, 0.25) is 0 Å². The van der Waals surface area contributed by atoms with Crippen LogP contribution in [0.1, 0.15) is 5.56 Å². The highest BCUT2D eigenvalue weighted by Gasteiger charge is 2.22. The van der Waals surface area contributed by atoms with Crippen molar-refractivity contribution in [2.24, 2.45) is 0 Å². The van der Waals surface area contributed by atoms with Gasteiger partial charge in [0, 0.05) is 27.6 Å². The van der Waals surface area contributed by atoms with E-state index in [9.17, 15) is 15.4 Å². The number of anilines is 1. The summed E-state index contributed by atoms with van der Waals surface area (Å²) in [6.45, 7) is 0. The van der Waals surface area contributed by atoms with Crippen LogP contribution in [0.4, 0.5) is 11.5 Å². The normalized spacial score (nSPS) is 10.4. The number of nitrogens with two attached hydrogens (primary N) is 1. The molecule has 1 heterocycles. The van der Waals surface area contributed by atoms with Crippen molar-refractivity contribution in [1.29, 1.82) is 5.26 Å². The number of rotatable bonds is 3. The summed E-state index contributed by atoms with van der Waals surface area (Å²) in [5.41, 5.74) is 7.51. The first-order chi connectivity index (χ1) is 12.0. The lowest BCUT2D eigenvalue weighted by molar-refractivity contribution is -0.385. The highest BCUT2D eigenvalue weighted by Crippen LogP contribution is 2.39. The van der Waals surface area contributed by atoms with Gasteiger partial charge >= 0.3 is 5.69 Å². The number of nitro groups is 1. The van der Waals surface area contributed by atoms with Crippen LogP contribution >= 0.6 is 15.9 Å². The van der Waals surface area contributed by atoms with E-state index in [1.54, 1.807) is 12.1 Å². The Morgan fingerprint density at radius 3 is 2.72 bits per heavy atom. The molecule has 0 aliphatic heterocycles. The molecule has 0 spiro atoms. The predicted molar refractivity (Wildman–Crippen MR) is 97.2 cm³/mol. The lowest BCUT2D eigenvalue weighted by Crippen LogP contribution is -2.01. The number of hydrogen-bond acceptors (Lipinski definition) is 6. The van der Waals surface area contributed by atoms with Gasteiger partial charge in [-0.3, -0.25) is 10.1 Å². The van der Waals surface area contributed by atoms with Crippen LogP contribution in [0.3, 0.4) is 0 Å². The molecule has 3 aromatic rings. The molecule has 3 rings (SSSR count). The van der Waals surface area contributed by atoms with Crippen LogP contribution < -0.4 is 10.5 Å². The van der Waals surface area contributed by atoms with Gasteiger partial charge in [0.2, 0.25) is 0 Å². The van der Waals surface area contributed by atoms with Crippen molar-refractivity contribution < 1.29 is 9.66 Å². The molecule has 2 aromatic carbocycles. The molecule has 7 nitrogen and oxygen atoms in total. The van der Waals surface area contributed by atoms with Crippen LogP contribution in [0.25, 0.3) is 22.0 Å². The van der Waals surface area contributed by atoms with Crippen LogP contribution in [-0.2, 0) is 0 Å². The molecule has 0 unspecified atom stereocenters. The van der Waals surface area contributed by atoms with Crippen molar-refractivity contribution >= 4 is 38.3 Å².